The zero-order valence-corrected chi connectivity index (χ0v) is 14.7. The number of nitrogens with one attached hydrogen (secondary N) is 1. The molecule has 1 fully saturated rings. The first-order chi connectivity index (χ1) is 12.3. The van der Waals surface area contributed by atoms with Crippen LogP contribution >= 0.6 is 0 Å². The summed E-state index contributed by atoms with van der Waals surface area (Å²) in [6, 6.07) is 9.00. The second kappa shape index (κ2) is 7.38. The third-order valence-electron chi connectivity index (χ3n) is 5.75. The van der Waals surface area contributed by atoms with Crippen LogP contribution < -0.4 is 5.32 Å². The van der Waals surface area contributed by atoms with Crippen LogP contribution in [0.15, 0.2) is 30.6 Å². The van der Waals surface area contributed by atoms with Crippen LogP contribution in [0.2, 0.25) is 0 Å². The minimum atomic E-state index is 0.111. The van der Waals surface area contributed by atoms with Crippen molar-refractivity contribution in [2.45, 2.75) is 69.9 Å². The summed E-state index contributed by atoms with van der Waals surface area (Å²) in [5.74, 6) is 1.35. The van der Waals surface area contributed by atoms with Crippen LogP contribution in [0.3, 0.4) is 0 Å². The molecule has 2 aromatic rings. The molecule has 132 valence electrons. The van der Waals surface area contributed by atoms with E-state index in [-0.39, 0.29) is 5.91 Å². The van der Waals surface area contributed by atoms with Crippen molar-refractivity contribution in [2.75, 3.05) is 0 Å². The maximum absolute atomic E-state index is 12.4. The van der Waals surface area contributed by atoms with E-state index in [0.29, 0.717) is 24.9 Å². The highest BCUT2D eigenvalue weighted by atomic mass is 16.1. The van der Waals surface area contributed by atoms with Gasteiger partial charge in [-0.25, -0.2) is 0 Å². The number of hydrogen-bond donors (Lipinski definition) is 1. The first kappa shape index (κ1) is 16.3. The molecule has 0 bridgehead atoms. The highest BCUT2D eigenvalue weighted by Crippen LogP contribution is 2.35. The Morgan fingerprint density at radius 1 is 1.16 bits per heavy atom. The predicted octanol–water partition coefficient (Wildman–Crippen LogP) is 3.52. The summed E-state index contributed by atoms with van der Waals surface area (Å²) in [5.41, 5.74) is 2.75. The fourth-order valence-electron chi connectivity index (χ4n) is 4.39. The van der Waals surface area contributed by atoms with Gasteiger partial charge in [-0.2, -0.15) is 0 Å². The van der Waals surface area contributed by atoms with Crippen LogP contribution in [0.25, 0.3) is 0 Å². The highest BCUT2D eigenvalue weighted by molar-refractivity contribution is 5.77. The van der Waals surface area contributed by atoms with Crippen molar-refractivity contribution in [3.8, 4) is 0 Å². The molecule has 25 heavy (non-hydrogen) atoms. The number of carbonyl (C=O) groups excluding carboxylic acids is 1. The Kier molecular flexibility index (Phi) is 4.81. The topological polar surface area (TPSA) is 59.8 Å². The van der Waals surface area contributed by atoms with Gasteiger partial charge in [0.1, 0.15) is 6.33 Å². The monoisotopic (exact) mass is 338 g/mol. The van der Waals surface area contributed by atoms with E-state index >= 15 is 0 Å². The fourth-order valence-corrected chi connectivity index (χ4v) is 4.39. The normalized spacial score (nSPS) is 20.4. The zero-order chi connectivity index (χ0) is 17.1. The molecule has 1 N–H and O–H groups in total. The molecular weight excluding hydrogens is 312 g/mol. The van der Waals surface area contributed by atoms with E-state index in [0.717, 1.165) is 18.7 Å². The molecule has 0 aliphatic heterocycles. The minimum absolute atomic E-state index is 0.111. The Morgan fingerprint density at radius 3 is 2.88 bits per heavy atom. The van der Waals surface area contributed by atoms with Gasteiger partial charge in [-0.05, 0) is 42.7 Å². The van der Waals surface area contributed by atoms with Gasteiger partial charge in [-0.3, -0.25) is 4.79 Å². The molecule has 5 nitrogen and oxygen atoms in total. The number of amides is 1. The predicted molar refractivity (Wildman–Crippen MR) is 96.1 cm³/mol. The molecular formula is C20H26N4O. The zero-order valence-electron chi connectivity index (χ0n) is 14.7. The molecule has 1 aromatic heterocycles. The van der Waals surface area contributed by atoms with Crippen molar-refractivity contribution in [1.82, 2.24) is 20.1 Å². The Hall–Kier alpha value is -2.17. The number of hydrogen-bond acceptors (Lipinski definition) is 3. The second-order valence-corrected chi connectivity index (χ2v) is 7.36. The second-order valence-electron chi connectivity index (χ2n) is 7.36. The van der Waals surface area contributed by atoms with Crippen LogP contribution in [0, 0.1) is 0 Å². The third kappa shape index (κ3) is 3.60. The van der Waals surface area contributed by atoms with E-state index < -0.39 is 0 Å². The van der Waals surface area contributed by atoms with Crippen molar-refractivity contribution >= 4 is 5.91 Å². The smallest absolute Gasteiger partial charge is 0.220 e. The van der Waals surface area contributed by atoms with Gasteiger partial charge in [0, 0.05) is 12.5 Å². The molecule has 2 aliphatic rings. The SMILES string of the molecule is O=C(C[C@@H]1CCc2ccccc21)NCc1nncn1C1CCCCC1. The van der Waals surface area contributed by atoms with E-state index in [1.54, 1.807) is 0 Å². The van der Waals surface area contributed by atoms with Gasteiger partial charge in [0.05, 0.1) is 6.54 Å². The van der Waals surface area contributed by atoms with Crippen molar-refractivity contribution < 1.29 is 4.79 Å². The lowest BCUT2D eigenvalue weighted by atomic mass is 9.95. The number of carbonyl (C=O) groups is 1. The average Bonchev–Trinajstić information content (AvgIpc) is 3.28. The molecule has 1 aromatic carbocycles. The van der Waals surface area contributed by atoms with E-state index in [1.807, 2.05) is 6.33 Å². The maximum atomic E-state index is 12.4. The lowest BCUT2D eigenvalue weighted by molar-refractivity contribution is -0.121. The molecule has 2 aliphatic carbocycles. The standard InChI is InChI=1S/C20H26N4O/c25-20(12-16-11-10-15-6-4-5-9-18(15)16)21-13-19-23-22-14-24(19)17-7-2-1-3-8-17/h4-6,9,14,16-17H,1-3,7-8,10-13H2,(H,21,25)/t16-/m0/s1. The van der Waals surface area contributed by atoms with E-state index in [1.165, 1.54) is 43.2 Å². The molecule has 5 heteroatoms. The van der Waals surface area contributed by atoms with Gasteiger partial charge in [0.15, 0.2) is 5.82 Å². The van der Waals surface area contributed by atoms with Crippen molar-refractivity contribution in [2.24, 2.45) is 0 Å². The molecule has 0 radical (unpaired) electrons. The molecule has 0 spiro atoms. The number of aromatic nitrogens is 3. The summed E-state index contributed by atoms with van der Waals surface area (Å²) in [6.07, 6.45) is 10.8. The van der Waals surface area contributed by atoms with Crippen molar-refractivity contribution in [3.05, 3.63) is 47.5 Å². The number of rotatable bonds is 5. The van der Waals surface area contributed by atoms with E-state index in [4.69, 9.17) is 0 Å². The van der Waals surface area contributed by atoms with Gasteiger partial charge in [0.25, 0.3) is 0 Å². The van der Waals surface area contributed by atoms with Gasteiger partial charge in [0.2, 0.25) is 5.91 Å². The summed E-state index contributed by atoms with van der Waals surface area (Å²) in [7, 11) is 0. The molecule has 1 atom stereocenters. The molecule has 0 unspecified atom stereocenters. The summed E-state index contributed by atoms with van der Waals surface area (Å²) in [6.45, 7) is 0.476. The number of nitrogens with zero attached hydrogens (tertiary/aromatic N) is 3. The largest absolute Gasteiger partial charge is 0.349 e. The van der Waals surface area contributed by atoms with Gasteiger partial charge >= 0.3 is 0 Å². The molecule has 1 heterocycles. The summed E-state index contributed by atoms with van der Waals surface area (Å²) in [4.78, 5) is 12.4. The van der Waals surface area contributed by atoms with Gasteiger partial charge < -0.3 is 9.88 Å². The minimum Gasteiger partial charge on any atom is -0.349 e. The third-order valence-corrected chi connectivity index (χ3v) is 5.75. The Morgan fingerprint density at radius 2 is 2.00 bits per heavy atom. The molecule has 4 rings (SSSR count). The molecule has 1 saturated carbocycles. The molecule has 0 saturated heterocycles. The summed E-state index contributed by atoms with van der Waals surface area (Å²) in [5, 5.41) is 11.4. The average molecular weight is 338 g/mol. The Bertz CT molecular complexity index is 733. The van der Waals surface area contributed by atoms with E-state index in [2.05, 4.69) is 44.3 Å². The quantitative estimate of drug-likeness (QED) is 0.907. The van der Waals surface area contributed by atoms with Crippen LogP contribution in [0.1, 0.15) is 73.9 Å². The first-order valence-electron chi connectivity index (χ1n) is 9.54. The summed E-state index contributed by atoms with van der Waals surface area (Å²) >= 11 is 0. The lowest BCUT2D eigenvalue weighted by Gasteiger charge is -2.24. The van der Waals surface area contributed by atoms with Crippen LogP contribution in [-0.2, 0) is 17.8 Å². The highest BCUT2D eigenvalue weighted by Gasteiger charge is 2.24. The molecule has 1 amide bonds. The number of aryl methyl sites for hydroxylation is 1. The van der Waals surface area contributed by atoms with Crippen LogP contribution in [0.4, 0.5) is 0 Å². The Balaban J connectivity index is 1.33. The number of fused-ring (bicyclic) bond motifs is 1. The number of benzene rings is 1. The van der Waals surface area contributed by atoms with Crippen molar-refractivity contribution in [1.29, 1.82) is 0 Å². The first-order valence-corrected chi connectivity index (χ1v) is 9.54. The van der Waals surface area contributed by atoms with Gasteiger partial charge in [-0.15, -0.1) is 10.2 Å². The fraction of sp³-hybridized carbons (Fsp3) is 0.550. The van der Waals surface area contributed by atoms with Crippen molar-refractivity contribution in [3.63, 3.8) is 0 Å². The van der Waals surface area contributed by atoms with E-state index in [9.17, 15) is 4.79 Å². The maximum Gasteiger partial charge on any atom is 0.220 e. The van der Waals surface area contributed by atoms with Crippen LogP contribution in [0.5, 0.6) is 0 Å². The summed E-state index contributed by atoms with van der Waals surface area (Å²) < 4.78 is 2.17. The lowest BCUT2D eigenvalue weighted by Crippen LogP contribution is -2.27. The van der Waals surface area contributed by atoms with Crippen LogP contribution in [-0.4, -0.2) is 20.7 Å². The van der Waals surface area contributed by atoms with Gasteiger partial charge in [-0.1, -0.05) is 43.5 Å². The Labute approximate surface area is 148 Å².